The van der Waals surface area contributed by atoms with Crippen LogP contribution in [0.5, 0.6) is 5.75 Å². The Balaban J connectivity index is 3.43. The van der Waals surface area contributed by atoms with Crippen LogP contribution in [0.15, 0.2) is 26.8 Å². The van der Waals surface area contributed by atoms with Crippen LogP contribution in [-0.2, 0) is 6.18 Å². The number of hydrogen-bond acceptors (Lipinski definition) is 3. The maximum absolute atomic E-state index is 12.9. The van der Waals surface area contributed by atoms with Crippen molar-refractivity contribution < 1.29 is 17.9 Å². The van der Waals surface area contributed by atoms with Crippen molar-refractivity contribution in [1.29, 1.82) is 0 Å². The topological polar surface area (TPSA) is 86.0 Å². The van der Waals surface area contributed by atoms with Crippen LogP contribution in [-0.4, -0.2) is 19.3 Å². The molecule has 0 bridgehead atoms. The molecular weight excluding hydrogens is 329 g/mol. The minimum Gasteiger partial charge on any atom is -0.495 e. The van der Waals surface area contributed by atoms with E-state index in [4.69, 9.17) is 16.2 Å². The van der Waals surface area contributed by atoms with Crippen molar-refractivity contribution in [2.75, 3.05) is 7.11 Å². The number of alkyl halides is 3. The Morgan fingerprint density at radius 3 is 2.47 bits per heavy atom. The third kappa shape index (κ3) is 3.85. The van der Waals surface area contributed by atoms with Crippen molar-refractivity contribution >= 4 is 28.1 Å². The molecule has 1 aromatic rings. The van der Waals surface area contributed by atoms with Gasteiger partial charge in [0.25, 0.3) is 0 Å². The zero-order valence-corrected chi connectivity index (χ0v) is 11.3. The van der Waals surface area contributed by atoms with Gasteiger partial charge >= 0.3 is 6.18 Å². The second-order valence-electron chi connectivity index (χ2n) is 3.31. The highest BCUT2D eigenvalue weighted by Crippen LogP contribution is 2.38. The maximum Gasteiger partial charge on any atom is 0.417 e. The highest BCUT2D eigenvalue weighted by Gasteiger charge is 2.34. The van der Waals surface area contributed by atoms with E-state index in [1.54, 1.807) is 0 Å². The largest absolute Gasteiger partial charge is 0.495 e. The summed E-state index contributed by atoms with van der Waals surface area (Å²) in [5.41, 5.74) is 8.89. The van der Waals surface area contributed by atoms with E-state index in [0.717, 1.165) is 12.3 Å². The molecule has 0 spiro atoms. The Labute approximate surface area is 115 Å². The highest BCUT2D eigenvalue weighted by molar-refractivity contribution is 9.10. The van der Waals surface area contributed by atoms with E-state index in [1.165, 1.54) is 13.2 Å². The number of nitrogens with two attached hydrogens (primary N) is 2. The van der Waals surface area contributed by atoms with Crippen LogP contribution in [0.4, 0.5) is 13.2 Å². The Morgan fingerprint density at radius 2 is 2.00 bits per heavy atom. The first-order valence-corrected chi connectivity index (χ1v) is 5.62. The van der Waals surface area contributed by atoms with Gasteiger partial charge in [0.15, 0.2) is 0 Å². The predicted octanol–water partition coefficient (Wildman–Crippen LogP) is 2.08. The first kappa shape index (κ1) is 15.3. The van der Waals surface area contributed by atoms with Gasteiger partial charge in [0.05, 0.1) is 28.9 Å². The molecule has 0 atom stereocenters. The number of rotatable bonds is 3. The molecule has 0 aliphatic heterocycles. The van der Waals surface area contributed by atoms with E-state index in [-0.39, 0.29) is 17.3 Å². The number of benzene rings is 1. The molecule has 0 amide bonds. The lowest BCUT2D eigenvalue weighted by Gasteiger charge is -2.14. The van der Waals surface area contributed by atoms with Crippen molar-refractivity contribution in [3.05, 3.63) is 27.7 Å². The molecule has 5 nitrogen and oxygen atoms in total. The lowest BCUT2D eigenvalue weighted by atomic mass is 10.1. The molecule has 0 saturated carbocycles. The van der Waals surface area contributed by atoms with E-state index in [1.807, 2.05) is 0 Å². The molecule has 0 fully saturated rings. The fourth-order valence-corrected chi connectivity index (χ4v) is 1.82. The molecule has 104 valence electrons. The van der Waals surface area contributed by atoms with Crippen molar-refractivity contribution in [3.8, 4) is 5.75 Å². The Kier molecular flexibility index (Phi) is 4.76. The second kappa shape index (κ2) is 5.91. The van der Waals surface area contributed by atoms with Gasteiger partial charge < -0.3 is 16.2 Å². The van der Waals surface area contributed by atoms with Gasteiger partial charge in [0.2, 0.25) is 5.96 Å². The average molecular weight is 339 g/mol. The number of guanidine groups is 1. The Morgan fingerprint density at radius 1 is 1.37 bits per heavy atom. The fourth-order valence-electron chi connectivity index (χ4n) is 1.31. The molecule has 0 heterocycles. The van der Waals surface area contributed by atoms with Gasteiger partial charge in [0.1, 0.15) is 5.75 Å². The molecular formula is C10H10BrF3N4O. The second-order valence-corrected chi connectivity index (χ2v) is 4.16. The van der Waals surface area contributed by atoms with Crippen molar-refractivity contribution in [1.82, 2.24) is 0 Å². The normalized spacial score (nSPS) is 11.6. The van der Waals surface area contributed by atoms with Crippen LogP contribution in [0.2, 0.25) is 0 Å². The maximum atomic E-state index is 12.9. The van der Waals surface area contributed by atoms with E-state index < -0.39 is 11.7 Å². The fraction of sp³-hybridized carbons (Fsp3) is 0.200. The molecule has 19 heavy (non-hydrogen) atoms. The molecule has 0 saturated heterocycles. The van der Waals surface area contributed by atoms with Crippen LogP contribution in [0.3, 0.4) is 0 Å². The van der Waals surface area contributed by atoms with Crippen LogP contribution in [0.25, 0.3) is 0 Å². The number of methoxy groups -OCH3 is 1. The monoisotopic (exact) mass is 338 g/mol. The molecule has 0 radical (unpaired) electrons. The first-order valence-electron chi connectivity index (χ1n) is 4.83. The average Bonchev–Trinajstić information content (AvgIpc) is 2.27. The SMILES string of the molecule is COc1c(Br)ccc(C(F)(F)F)c1C=NN=C(N)N. The summed E-state index contributed by atoms with van der Waals surface area (Å²) in [5, 5.41) is 6.63. The van der Waals surface area contributed by atoms with Crippen LogP contribution >= 0.6 is 15.9 Å². The summed E-state index contributed by atoms with van der Waals surface area (Å²) < 4.78 is 43.9. The molecule has 0 unspecified atom stereocenters. The molecule has 0 aliphatic carbocycles. The molecule has 0 aliphatic rings. The molecule has 1 rings (SSSR count). The third-order valence-electron chi connectivity index (χ3n) is 2.02. The van der Waals surface area contributed by atoms with Crippen LogP contribution in [0, 0.1) is 0 Å². The minimum atomic E-state index is -4.55. The number of ether oxygens (including phenoxy) is 1. The van der Waals surface area contributed by atoms with E-state index in [9.17, 15) is 13.2 Å². The lowest BCUT2D eigenvalue weighted by molar-refractivity contribution is -0.137. The smallest absolute Gasteiger partial charge is 0.417 e. The predicted molar refractivity (Wildman–Crippen MR) is 69.1 cm³/mol. The van der Waals surface area contributed by atoms with E-state index in [0.29, 0.717) is 4.47 Å². The summed E-state index contributed by atoms with van der Waals surface area (Å²) in [7, 11) is 1.25. The summed E-state index contributed by atoms with van der Waals surface area (Å²) in [6.45, 7) is 0. The van der Waals surface area contributed by atoms with E-state index >= 15 is 0 Å². The number of nitrogens with zero attached hydrogens (tertiary/aromatic N) is 2. The Bertz CT molecular complexity index is 524. The zero-order chi connectivity index (χ0) is 14.6. The van der Waals surface area contributed by atoms with Gasteiger partial charge in [-0.1, -0.05) is 0 Å². The summed E-state index contributed by atoms with van der Waals surface area (Å²) >= 11 is 3.09. The number of halogens is 4. The summed E-state index contributed by atoms with van der Waals surface area (Å²) in [6, 6.07) is 2.14. The summed E-state index contributed by atoms with van der Waals surface area (Å²) in [5.74, 6) is -0.372. The van der Waals surface area contributed by atoms with Crippen molar-refractivity contribution in [3.63, 3.8) is 0 Å². The van der Waals surface area contributed by atoms with Gasteiger partial charge in [-0.3, -0.25) is 0 Å². The summed E-state index contributed by atoms with van der Waals surface area (Å²) in [4.78, 5) is 0. The third-order valence-corrected chi connectivity index (χ3v) is 2.64. The summed E-state index contributed by atoms with van der Waals surface area (Å²) in [6.07, 6.45) is -3.67. The minimum absolute atomic E-state index is 0.00984. The van der Waals surface area contributed by atoms with E-state index in [2.05, 4.69) is 26.1 Å². The van der Waals surface area contributed by atoms with Crippen molar-refractivity contribution in [2.45, 2.75) is 6.18 Å². The quantitative estimate of drug-likeness (QED) is 0.502. The van der Waals surface area contributed by atoms with Crippen LogP contribution in [0.1, 0.15) is 11.1 Å². The van der Waals surface area contributed by atoms with Crippen molar-refractivity contribution in [2.24, 2.45) is 21.7 Å². The van der Waals surface area contributed by atoms with Gasteiger partial charge in [0, 0.05) is 0 Å². The Hall–Kier alpha value is -1.77. The zero-order valence-electron chi connectivity index (χ0n) is 9.70. The van der Waals surface area contributed by atoms with Gasteiger partial charge in [-0.2, -0.15) is 18.3 Å². The number of hydrogen-bond donors (Lipinski definition) is 2. The standard InChI is InChI=1S/C10H10BrF3N4O/c1-19-8-5(4-17-18-9(15)16)6(10(12,13)14)2-3-7(8)11/h2-4H,1H3,(H4,15,16,18). The lowest BCUT2D eigenvalue weighted by Crippen LogP contribution is -2.21. The highest BCUT2D eigenvalue weighted by atomic mass is 79.9. The molecule has 9 heteroatoms. The van der Waals surface area contributed by atoms with Crippen LogP contribution < -0.4 is 16.2 Å². The van der Waals surface area contributed by atoms with Gasteiger partial charge in [-0.25, -0.2) is 0 Å². The van der Waals surface area contributed by atoms with Gasteiger partial charge in [-0.15, -0.1) is 5.10 Å². The molecule has 0 aromatic heterocycles. The van der Waals surface area contributed by atoms with Gasteiger partial charge in [-0.05, 0) is 28.1 Å². The molecule has 4 N–H and O–H groups in total. The molecule has 1 aromatic carbocycles. The first-order chi connectivity index (χ1) is 8.77.